The largest absolute Gasteiger partial charge is 0.389 e. The number of aliphatic hydroxyl groups is 1. The van der Waals surface area contributed by atoms with Crippen LogP contribution in [0.4, 0.5) is 0 Å². The zero-order valence-electron chi connectivity index (χ0n) is 12.7. The molecular formula is C16H26N2OS. The van der Waals surface area contributed by atoms with Crippen LogP contribution in [0.1, 0.15) is 44.4 Å². The Labute approximate surface area is 127 Å². The molecule has 1 aromatic carbocycles. The molecule has 0 aromatic heterocycles. The predicted octanol–water partition coefficient (Wildman–Crippen LogP) is 2.72. The Morgan fingerprint density at radius 2 is 1.85 bits per heavy atom. The first-order valence-electron chi connectivity index (χ1n) is 7.28. The van der Waals surface area contributed by atoms with Gasteiger partial charge in [0.05, 0.1) is 6.10 Å². The Balaban J connectivity index is 2.64. The minimum Gasteiger partial charge on any atom is -0.389 e. The molecule has 2 unspecified atom stereocenters. The molecule has 1 aromatic rings. The van der Waals surface area contributed by atoms with Crippen LogP contribution in [0.5, 0.6) is 0 Å². The Morgan fingerprint density at radius 1 is 1.25 bits per heavy atom. The van der Waals surface area contributed by atoms with Gasteiger partial charge in [-0.2, -0.15) is 0 Å². The molecule has 0 amide bonds. The minimum absolute atomic E-state index is 0.387. The third-order valence-corrected chi connectivity index (χ3v) is 3.96. The van der Waals surface area contributed by atoms with E-state index in [1.807, 2.05) is 24.3 Å². The van der Waals surface area contributed by atoms with Crippen molar-refractivity contribution in [2.45, 2.75) is 33.3 Å². The number of aliphatic hydroxyl groups excluding tert-OH is 1. The Hall–Kier alpha value is -0.970. The second-order valence-electron chi connectivity index (χ2n) is 5.37. The van der Waals surface area contributed by atoms with E-state index in [4.69, 9.17) is 18.0 Å². The van der Waals surface area contributed by atoms with Gasteiger partial charge in [-0.1, -0.05) is 63.7 Å². The van der Waals surface area contributed by atoms with E-state index >= 15 is 0 Å². The van der Waals surface area contributed by atoms with Crippen molar-refractivity contribution >= 4 is 17.2 Å². The molecule has 0 aliphatic carbocycles. The highest BCUT2D eigenvalue weighted by molar-refractivity contribution is 7.80. The molecule has 2 atom stereocenters. The van der Waals surface area contributed by atoms with Crippen LogP contribution in [0.15, 0.2) is 24.3 Å². The van der Waals surface area contributed by atoms with Crippen molar-refractivity contribution in [3.05, 3.63) is 35.4 Å². The molecule has 0 aliphatic heterocycles. The molecule has 20 heavy (non-hydrogen) atoms. The number of hydrogen-bond acceptors (Lipinski definition) is 3. The van der Waals surface area contributed by atoms with E-state index < -0.39 is 6.10 Å². The third kappa shape index (κ3) is 5.19. The average Bonchev–Trinajstić information content (AvgIpc) is 2.46. The fourth-order valence-electron chi connectivity index (χ4n) is 2.12. The lowest BCUT2D eigenvalue weighted by Crippen LogP contribution is -2.32. The summed E-state index contributed by atoms with van der Waals surface area (Å²) < 4.78 is 0. The molecule has 1 rings (SSSR count). The molecule has 0 aliphatic rings. The topological polar surface area (TPSA) is 49.5 Å². The highest BCUT2D eigenvalue weighted by Gasteiger charge is 2.14. The lowest BCUT2D eigenvalue weighted by molar-refractivity contribution is 0.107. The minimum atomic E-state index is -0.473. The van der Waals surface area contributed by atoms with Gasteiger partial charge in [0.1, 0.15) is 4.99 Å². The van der Waals surface area contributed by atoms with E-state index in [2.05, 4.69) is 25.7 Å². The molecule has 0 radical (unpaired) electrons. The highest BCUT2D eigenvalue weighted by Crippen LogP contribution is 2.16. The van der Waals surface area contributed by atoms with Gasteiger partial charge < -0.3 is 15.7 Å². The number of nitrogens with two attached hydrogens (primary N) is 1. The molecular weight excluding hydrogens is 268 g/mol. The number of hydrogen-bond donors (Lipinski definition) is 2. The summed E-state index contributed by atoms with van der Waals surface area (Å²) in [5.74, 6) is 0.652. The van der Waals surface area contributed by atoms with Crippen molar-refractivity contribution in [3.63, 3.8) is 0 Å². The van der Waals surface area contributed by atoms with Gasteiger partial charge in [0, 0.05) is 18.7 Å². The van der Waals surface area contributed by atoms with Crippen LogP contribution in [-0.2, 0) is 0 Å². The van der Waals surface area contributed by atoms with E-state index in [0.29, 0.717) is 17.5 Å². The van der Waals surface area contributed by atoms with E-state index in [1.54, 1.807) is 0 Å². The Kier molecular flexibility index (Phi) is 7.13. The van der Waals surface area contributed by atoms with Crippen molar-refractivity contribution < 1.29 is 5.11 Å². The summed E-state index contributed by atoms with van der Waals surface area (Å²) in [5, 5.41) is 10.3. The van der Waals surface area contributed by atoms with Crippen molar-refractivity contribution in [1.29, 1.82) is 0 Å². The summed E-state index contributed by atoms with van der Waals surface area (Å²) >= 11 is 4.93. The van der Waals surface area contributed by atoms with Crippen LogP contribution in [0, 0.1) is 5.92 Å². The van der Waals surface area contributed by atoms with Crippen LogP contribution >= 0.6 is 12.2 Å². The molecule has 0 saturated heterocycles. The molecule has 4 heteroatoms. The average molecular weight is 294 g/mol. The van der Waals surface area contributed by atoms with E-state index in [9.17, 15) is 5.11 Å². The zero-order valence-corrected chi connectivity index (χ0v) is 13.5. The van der Waals surface area contributed by atoms with Crippen molar-refractivity contribution in [2.75, 3.05) is 19.6 Å². The number of rotatable bonds is 8. The normalized spacial score (nSPS) is 14.2. The predicted molar refractivity (Wildman–Crippen MR) is 88.9 cm³/mol. The van der Waals surface area contributed by atoms with E-state index in [-0.39, 0.29) is 0 Å². The van der Waals surface area contributed by atoms with Crippen LogP contribution < -0.4 is 5.73 Å². The SMILES string of the molecule is CCC(C)CN(CC)CC(O)c1ccc(C(N)=S)cc1. The second-order valence-corrected chi connectivity index (χ2v) is 5.81. The maximum atomic E-state index is 10.3. The lowest BCUT2D eigenvalue weighted by atomic mass is 10.0. The van der Waals surface area contributed by atoms with Crippen LogP contribution in [0.2, 0.25) is 0 Å². The van der Waals surface area contributed by atoms with E-state index in [0.717, 1.165) is 30.6 Å². The summed E-state index contributed by atoms with van der Waals surface area (Å²) in [6.07, 6.45) is 0.689. The first-order valence-corrected chi connectivity index (χ1v) is 7.68. The molecule has 0 heterocycles. The monoisotopic (exact) mass is 294 g/mol. The summed E-state index contributed by atoms with van der Waals surface area (Å²) in [6.45, 7) is 9.20. The summed E-state index contributed by atoms with van der Waals surface area (Å²) in [7, 11) is 0. The van der Waals surface area contributed by atoms with E-state index in [1.165, 1.54) is 0 Å². The number of thiocarbonyl (C=S) groups is 1. The van der Waals surface area contributed by atoms with Gasteiger partial charge in [-0.25, -0.2) is 0 Å². The van der Waals surface area contributed by atoms with Gasteiger partial charge in [0.15, 0.2) is 0 Å². The molecule has 112 valence electrons. The quantitative estimate of drug-likeness (QED) is 0.724. The molecule has 0 bridgehead atoms. The van der Waals surface area contributed by atoms with Crippen LogP contribution in [0.25, 0.3) is 0 Å². The Morgan fingerprint density at radius 3 is 2.30 bits per heavy atom. The van der Waals surface area contributed by atoms with Gasteiger partial charge in [-0.3, -0.25) is 0 Å². The lowest BCUT2D eigenvalue weighted by Gasteiger charge is -2.26. The number of benzene rings is 1. The van der Waals surface area contributed by atoms with Gasteiger partial charge in [-0.15, -0.1) is 0 Å². The molecule has 0 spiro atoms. The standard InChI is InChI=1S/C16H26N2OS/c1-4-12(3)10-18(5-2)11-15(19)13-6-8-14(9-7-13)16(17)20/h6-9,12,15,19H,4-5,10-11H2,1-3H3,(H2,17,20). The van der Waals surface area contributed by atoms with Gasteiger partial charge in [0.25, 0.3) is 0 Å². The van der Waals surface area contributed by atoms with Crippen LogP contribution in [-0.4, -0.2) is 34.6 Å². The fraction of sp³-hybridized carbons (Fsp3) is 0.562. The summed E-state index contributed by atoms with van der Waals surface area (Å²) in [4.78, 5) is 2.68. The zero-order chi connectivity index (χ0) is 15.1. The van der Waals surface area contributed by atoms with Crippen LogP contribution in [0.3, 0.4) is 0 Å². The smallest absolute Gasteiger partial charge is 0.103 e. The second kappa shape index (κ2) is 8.35. The number of nitrogens with zero attached hydrogens (tertiary/aromatic N) is 1. The van der Waals surface area contributed by atoms with Gasteiger partial charge in [-0.05, 0) is 18.0 Å². The van der Waals surface area contributed by atoms with Crippen molar-refractivity contribution in [3.8, 4) is 0 Å². The van der Waals surface area contributed by atoms with Gasteiger partial charge >= 0.3 is 0 Å². The summed E-state index contributed by atoms with van der Waals surface area (Å²) in [6, 6.07) is 7.53. The first kappa shape index (κ1) is 17.1. The fourth-order valence-corrected chi connectivity index (χ4v) is 2.26. The van der Waals surface area contributed by atoms with Gasteiger partial charge in [0.2, 0.25) is 0 Å². The molecule has 0 fully saturated rings. The first-order chi connectivity index (χ1) is 9.47. The van der Waals surface area contributed by atoms with Crippen molar-refractivity contribution in [2.24, 2.45) is 11.7 Å². The number of likely N-dealkylation sites (N-methyl/N-ethyl adjacent to an activating group) is 1. The Bertz CT molecular complexity index is 419. The molecule has 3 N–H and O–H groups in total. The molecule has 3 nitrogen and oxygen atoms in total. The highest BCUT2D eigenvalue weighted by atomic mass is 32.1. The maximum absolute atomic E-state index is 10.3. The third-order valence-electron chi connectivity index (χ3n) is 3.73. The summed E-state index contributed by atoms with van der Waals surface area (Å²) in [5.41, 5.74) is 7.32. The molecule has 0 saturated carbocycles. The maximum Gasteiger partial charge on any atom is 0.103 e. The van der Waals surface area contributed by atoms with Crippen molar-refractivity contribution in [1.82, 2.24) is 4.90 Å².